The number of hydrogen-bond acceptors (Lipinski definition) is 1. The van der Waals surface area contributed by atoms with E-state index in [0.29, 0.717) is 0 Å². The molecule has 0 amide bonds. The molecule has 0 aliphatic rings. The predicted molar refractivity (Wildman–Crippen MR) is 70.8 cm³/mol. The summed E-state index contributed by atoms with van der Waals surface area (Å²) in [6.07, 6.45) is -7.79. The fourth-order valence-corrected chi connectivity index (χ4v) is 2.08. The highest BCUT2D eigenvalue weighted by Gasteiger charge is 2.95. The molecule has 1 aromatic rings. The van der Waals surface area contributed by atoms with E-state index in [1.165, 1.54) is 0 Å². The lowest BCUT2D eigenvalue weighted by molar-refractivity contribution is -0.462. The molecule has 0 atom stereocenters. The number of nitrogens with zero attached hydrogens (tertiary/aromatic N) is 2. The Morgan fingerprint density at radius 2 is 0.758 bits per heavy atom. The maximum Gasteiger partial charge on any atom is 0.460 e. The second-order valence-electron chi connectivity index (χ2n) is 6.17. The first-order chi connectivity index (χ1) is 14.3. The van der Waals surface area contributed by atoms with Crippen molar-refractivity contribution in [3.8, 4) is 0 Å². The molecule has 188 valence electrons. The lowest BCUT2D eigenvalue weighted by atomic mass is 9.87. The van der Waals surface area contributed by atoms with Gasteiger partial charge in [-0.05, 0) is 12.1 Å². The van der Waals surface area contributed by atoms with Gasteiger partial charge in [0.1, 0.15) is 0 Å². The zero-order valence-electron chi connectivity index (χ0n) is 14.6. The highest BCUT2D eigenvalue weighted by Crippen LogP contribution is 2.65. The molecule has 0 aliphatic heterocycles. The molecule has 0 unspecified atom stereocenters. The zero-order chi connectivity index (χ0) is 26.7. The topological polar surface area (TPSA) is 28.1 Å². The van der Waals surface area contributed by atoms with Crippen LogP contribution in [0, 0.1) is 5.39 Å². The van der Waals surface area contributed by atoms with Crippen LogP contribution in [0.5, 0.6) is 0 Å². The van der Waals surface area contributed by atoms with Gasteiger partial charge in [0.25, 0.3) is 0 Å². The van der Waals surface area contributed by atoms with E-state index in [-0.39, 0.29) is 24.3 Å². The molecule has 0 aromatic heterocycles. The maximum atomic E-state index is 13.9. The molecule has 0 saturated heterocycles. The summed E-state index contributed by atoms with van der Waals surface area (Å²) in [5.41, 5.74) is -3.11. The fraction of sp³-hybridized carbons (Fsp3) is 0.571. The lowest BCUT2D eigenvalue weighted by Gasteiger charge is -2.42. The molecule has 0 saturated carbocycles. The first kappa shape index (κ1) is 28.5. The van der Waals surface area contributed by atoms with E-state index in [9.17, 15) is 74.6 Å². The highest BCUT2D eigenvalue weighted by molar-refractivity contribution is 5.46. The quantitative estimate of drug-likeness (QED) is 0.267. The molecule has 0 spiro atoms. The van der Waals surface area contributed by atoms with Gasteiger partial charge in [-0.15, -0.1) is 0 Å². The second-order valence-corrected chi connectivity index (χ2v) is 6.17. The van der Waals surface area contributed by atoms with Crippen molar-refractivity contribution in [3.63, 3.8) is 0 Å². The van der Waals surface area contributed by atoms with Gasteiger partial charge in [0.2, 0.25) is 5.39 Å². The van der Waals surface area contributed by atoms with Crippen LogP contribution < -0.4 is 0 Å². The third-order valence-corrected chi connectivity index (χ3v) is 4.07. The first-order valence-corrected chi connectivity index (χ1v) is 7.46. The Morgan fingerprint density at radius 1 is 0.455 bits per heavy atom. The Bertz CT molecular complexity index is 907. The second kappa shape index (κ2) is 7.48. The molecule has 33 heavy (non-hydrogen) atoms. The maximum absolute atomic E-state index is 13.9. The Labute approximate surface area is 169 Å². The Balaban J connectivity index is 3.70. The van der Waals surface area contributed by atoms with E-state index in [1.807, 2.05) is 0 Å². The van der Waals surface area contributed by atoms with Crippen LogP contribution in [0.3, 0.4) is 0 Å². The van der Waals surface area contributed by atoms with Gasteiger partial charge in [-0.25, -0.2) is 0 Å². The van der Waals surface area contributed by atoms with Crippen LogP contribution in [0.1, 0.15) is 5.56 Å². The minimum Gasteiger partial charge on any atom is -0.194 e. The van der Waals surface area contributed by atoms with Crippen molar-refractivity contribution in [3.05, 3.63) is 34.8 Å². The van der Waals surface area contributed by atoms with Crippen LogP contribution in [0.2, 0.25) is 0 Å². The van der Waals surface area contributed by atoms with Crippen molar-refractivity contribution < 1.29 is 74.6 Å². The molecular weight excluding hydrogens is 519 g/mol. The summed E-state index contributed by atoms with van der Waals surface area (Å²) in [5, 5.41) is 8.29. The highest BCUT2D eigenvalue weighted by atomic mass is 19.4. The summed E-state index contributed by atoms with van der Waals surface area (Å²) in [4.78, 5) is 2.30. The SMILES string of the molecule is N#[N+]c1ccc(C(F)(F)C(F)(F)C(F)(F)C(F)(F)C(F)(F)C(F)(F)C(F)(F)C(F)(F)F)cc1. The van der Waals surface area contributed by atoms with Crippen LogP contribution in [-0.2, 0) is 5.92 Å². The van der Waals surface area contributed by atoms with Crippen LogP contribution in [-0.4, -0.2) is 41.7 Å². The number of hydrogen-bond donors (Lipinski definition) is 0. The molecule has 0 fully saturated rings. The molecular formula is C14H4F17N2+. The van der Waals surface area contributed by atoms with Crippen LogP contribution in [0.25, 0.3) is 4.98 Å². The average Bonchev–Trinajstić information content (AvgIpc) is 2.66. The predicted octanol–water partition coefficient (Wildman–Crippen LogP) is 7.64. The number of rotatable bonds is 7. The number of halogens is 17. The summed E-state index contributed by atoms with van der Waals surface area (Å²) in [7, 11) is 0. The van der Waals surface area contributed by atoms with Crippen molar-refractivity contribution in [2.24, 2.45) is 0 Å². The summed E-state index contributed by atoms with van der Waals surface area (Å²) >= 11 is 0. The molecule has 0 heterocycles. The Morgan fingerprint density at radius 3 is 1.06 bits per heavy atom. The normalized spacial score (nSPS) is 15.4. The molecule has 0 bridgehead atoms. The smallest absolute Gasteiger partial charge is 0.194 e. The third-order valence-electron chi connectivity index (χ3n) is 4.07. The summed E-state index contributed by atoms with van der Waals surface area (Å²) in [6.45, 7) is 0. The van der Waals surface area contributed by atoms with Crippen LogP contribution in [0.4, 0.5) is 80.3 Å². The summed E-state index contributed by atoms with van der Waals surface area (Å²) in [5.74, 6) is -56.8. The standard InChI is InChI=1S/C14H4F17N2/c15-7(16,5-1-3-6(33-32)4-2-5)8(17,18)9(19,20)10(21,22)11(23,24)12(25,26)13(27,28)14(29,30)31/h1-4H/q+1. The van der Waals surface area contributed by atoms with E-state index in [4.69, 9.17) is 5.39 Å². The molecule has 0 N–H and O–H groups in total. The number of diazo groups is 1. The average molecular weight is 523 g/mol. The van der Waals surface area contributed by atoms with Gasteiger partial charge in [-0.1, -0.05) is 0 Å². The number of benzene rings is 1. The summed E-state index contributed by atoms with van der Waals surface area (Å²) < 4.78 is 224. The van der Waals surface area contributed by atoms with Gasteiger partial charge in [-0.2, -0.15) is 74.6 Å². The van der Waals surface area contributed by atoms with E-state index in [0.717, 1.165) is 0 Å². The van der Waals surface area contributed by atoms with Gasteiger partial charge in [0.05, 0.1) is 0 Å². The molecule has 1 aromatic carbocycles. The van der Waals surface area contributed by atoms with E-state index in [2.05, 4.69) is 4.98 Å². The van der Waals surface area contributed by atoms with Crippen molar-refractivity contribution in [2.45, 2.75) is 47.6 Å². The van der Waals surface area contributed by atoms with E-state index in [1.54, 1.807) is 0 Å². The lowest BCUT2D eigenvalue weighted by Crippen LogP contribution is -2.74. The monoisotopic (exact) mass is 523 g/mol. The fourth-order valence-electron chi connectivity index (χ4n) is 2.08. The van der Waals surface area contributed by atoms with Crippen molar-refractivity contribution in [2.75, 3.05) is 0 Å². The van der Waals surface area contributed by atoms with Gasteiger partial charge in [-0.3, -0.25) is 0 Å². The van der Waals surface area contributed by atoms with Gasteiger partial charge in [0, 0.05) is 17.7 Å². The molecule has 0 radical (unpaired) electrons. The van der Waals surface area contributed by atoms with Crippen molar-refractivity contribution >= 4 is 5.69 Å². The van der Waals surface area contributed by atoms with Crippen LogP contribution >= 0.6 is 0 Å². The van der Waals surface area contributed by atoms with Gasteiger partial charge < -0.3 is 0 Å². The van der Waals surface area contributed by atoms with Gasteiger partial charge in [0.15, 0.2) is 4.98 Å². The van der Waals surface area contributed by atoms with E-state index >= 15 is 0 Å². The van der Waals surface area contributed by atoms with Crippen molar-refractivity contribution in [1.29, 1.82) is 5.39 Å². The van der Waals surface area contributed by atoms with Crippen molar-refractivity contribution in [1.82, 2.24) is 0 Å². The van der Waals surface area contributed by atoms with Gasteiger partial charge >= 0.3 is 53.3 Å². The zero-order valence-corrected chi connectivity index (χ0v) is 14.6. The minimum absolute atomic E-state index is 0.169. The van der Waals surface area contributed by atoms with E-state index < -0.39 is 58.9 Å². The minimum atomic E-state index is -8.67. The molecule has 1 rings (SSSR count). The summed E-state index contributed by atoms with van der Waals surface area (Å²) in [6, 6.07) is -0.242. The Hall–Kier alpha value is -2.55. The molecule has 0 aliphatic carbocycles. The Kier molecular flexibility index (Phi) is 6.46. The van der Waals surface area contributed by atoms with Crippen LogP contribution in [0.15, 0.2) is 24.3 Å². The third kappa shape index (κ3) is 3.61. The number of alkyl halides is 17. The molecule has 19 heteroatoms. The molecule has 2 nitrogen and oxygen atoms in total. The largest absolute Gasteiger partial charge is 0.460 e. The first-order valence-electron chi connectivity index (χ1n) is 7.46.